The summed E-state index contributed by atoms with van der Waals surface area (Å²) < 4.78 is 10.9. The molecule has 0 N–H and O–H groups in total. The zero-order valence-corrected chi connectivity index (χ0v) is 15.2. The molecule has 0 bridgehead atoms. The molecule has 2 atom stereocenters. The van der Waals surface area contributed by atoms with Gasteiger partial charge in [0.15, 0.2) is 0 Å². The van der Waals surface area contributed by atoms with Gasteiger partial charge in [0, 0.05) is 48.6 Å². The average molecular weight is 349 g/mol. The van der Waals surface area contributed by atoms with Gasteiger partial charge in [0.1, 0.15) is 11.5 Å². The summed E-state index contributed by atoms with van der Waals surface area (Å²) in [5.74, 6) is 1.84. The first-order chi connectivity index (χ1) is 12.7. The molecule has 5 nitrogen and oxygen atoms in total. The van der Waals surface area contributed by atoms with Crippen LogP contribution in [-0.4, -0.2) is 36.2 Å². The molecule has 1 saturated heterocycles. The molecule has 2 unspecified atom stereocenters. The second kappa shape index (κ2) is 6.62. The number of ether oxygens (including phenoxy) is 2. The van der Waals surface area contributed by atoms with Crippen LogP contribution < -0.4 is 9.47 Å². The molecule has 2 heterocycles. The molecule has 0 amide bonds. The van der Waals surface area contributed by atoms with Gasteiger partial charge in [-0.3, -0.25) is 9.88 Å². The van der Waals surface area contributed by atoms with Gasteiger partial charge in [-0.15, -0.1) is 0 Å². The molecular formula is C21H23N3O2. The van der Waals surface area contributed by atoms with Crippen molar-refractivity contribution in [3.05, 3.63) is 53.9 Å². The normalized spacial score (nSPS) is 23.6. The summed E-state index contributed by atoms with van der Waals surface area (Å²) >= 11 is 0. The van der Waals surface area contributed by atoms with E-state index in [2.05, 4.69) is 28.1 Å². The van der Waals surface area contributed by atoms with Crippen molar-refractivity contribution in [2.24, 2.45) is 5.92 Å². The Kier molecular flexibility index (Phi) is 4.29. The largest absolute Gasteiger partial charge is 0.497 e. The number of hydrogen-bond acceptors (Lipinski definition) is 5. The molecule has 1 aromatic carbocycles. The summed E-state index contributed by atoms with van der Waals surface area (Å²) in [4.78, 5) is 6.73. The topological polar surface area (TPSA) is 58.4 Å². The van der Waals surface area contributed by atoms with Gasteiger partial charge in [0.2, 0.25) is 0 Å². The number of nitrogens with zero attached hydrogens (tertiary/aromatic N) is 3. The van der Waals surface area contributed by atoms with E-state index in [1.807, 2.05) is 24.4 Å². The highest BCUT2D eigenvalue weighted by atomic mass is 16.5. The molecule has 2 fully saturated rings. The van der Waals surface area contributed by atoms with Crippen molar-refractivity contribution in [2.75, 3.05) is 20.8 Å². The lowest BCUT2D eigenvalue weighted by Crippen LogP contribution is -2.34. The van der Waals surface area contributed by atoms with E-state index in [0.717, 1.165) is 48.6 Å². The lowest BCUT2D eigenvalue weighted by atomic mass is 9.86. The molecule has 1 saturated carbocycles. The Balaban J connectivity index is 1.63. The van der Waals surface area contributed by atoms with E-state index >= 15 is 0 Å². The fraction of sp³-hybridized carbons (Fsp3) is 0.429. The van der Waals surface area contributed by atoms with E-state index in [4.69, 9.17) is 9.47 Å². The second-order valence-electron chi connectivity index (χ2n) is 7.16. The third-order valence-electron chi connectivity index (χ3n) is 5.90. The average Bonchev–Trinajstić information content (AvgIpc) is 3.42. The van der Waals surface area contributed by atoms with Gasteiger partial charge in [-0.05, 0) is 30.5 Å². The quantitative estimate of drug-likeness (QED) is 0.828. The number of aromatic nitrogens is 1. The SMILES string of the molecule is COc1ccc(CN2CC(c3cccnc3)C(C#N)C23CC3)c(OC)c1. The summed E-state index contributed by atoms with van der Waals surface area (Å²) in [5, 5.41) is 9.89. The van der Waals surface area contributed by atoms with Gasteiger partial charge in [-0.1, -0.05) is 12.1 Å². The Morgan fingerprint density at radius 1 is 1.27 bits per heavy atom. The summed E-state index contributed by atoms with van der Waals surface area (Å²) in [5.41, 5.74) is 2.29. The Hall–Kier alpha value is -2.58. The predicted octanol–water partition coefficient (Wildman–Crippen LogP) is 3.37. The molecule has 2 aliphatic rings. The van der Waals surface area contributed by atoms with E-state index in [-0.39, 0.29) is 17.4 Å². The van der Waals surface area contributed by atoms with E-state index in [1.54, 1.807) is 20.4 Å². The first kappa shape index (κ1) is 16.9. The highest BCUT2D eigenvalue weighted by Crippen LogP contribution is 2.58. The molecular weight excluding hydrogens is 326 g/mol. The number of rotatable bonds is 5. The summed E-state index contributed by atoms with van der Waals surface area (Å²) in [6, 6.07) is 12.6. The van der Waals surface area contributed by atoms with Crippen LogP contribution in [0, 0.1) is 17.2 Å². The molecule has 1 aliphatic carbocycles. The van der Waals surface area contributed by atoms with Crippen molar-refractivity contribution in [1.29, 1.82) is 5.26 Å². The van der Waals surface area contributed by atoms with E-state index in [0.29, 0.717) is 0 Å². The number of nitriles is 1. The predicted molar refractivity (Wildman–Crippen MR) is 98.0 cm³/mol. The van der Waals surface area contributed by atoms with Crippen LogP contribution in [0.25, 0.3) is 0 Å². The van der Waals surface area contributed by atoms with Crippen LogP contribution in [-0.2, 0) is 6.54 Å². The summed E-state index contributed by atoms with van der Waals surface area (Å²) in [7, 11) is 3.34. The molecule has 26 heavy (non-hydrogen) atoms. The van der Waals surface area contributed by atoms with Gasteiger partial charge in [-0.25, -0.2) is 0 Å². The lowest BCUT2D eigenvalue weighted by molar-refractivity contribution is 0.208. The first-order valence-electron chi connectivity index (χ1n) is 8.97. The lowest BCUT2D eigenvalue weighted by Gasteiger charge is -2.26. The fourth-order valence-electron chi connectivity index (χ4n) is 4.36. The molecule has 1 spiro atoms. The Bertz CT molecular complexity index is 827. The third-order valence-corrected chi connectivity index (χ3v) is 5.90. The Labute approximate surface area is 154 Å². The smallest absolute Gasteiger partial charge is 0.127 e. The maximum atomic E-state index is 9.89. The highest BCUT2D eigenvalue weighted by molar-refractivity contribution is 5.41. The van der Waals surface area contributed by atoms with Crippen molar-refractivity contribution in [2.45, 2.75) is 30.8 Å². The van der Waals surface area contributed by atoms with E-state index in [9.17, 15) is 5.26 Å². The third kappa shape index (κ3) is 2.71. The minimum Gasteiger partial charge on any atom is -0.497 e. The molecule has 1 aromatic heterocycles. The van der Waals surface area contributed by atoms with E-state index in [1.165, 1.54) is 0 Å². The molecule has 2 aromatic rings. The number of pyridine rings is 1. The molecule has 134 valence electrons. The second-order valence-corrected chi connectivity index (χ2v) is 7.16. The Morgan fingerprint density at radius 3 is 2.73 bits per heavy atom. The van der Waals surface area contributed by atoms with Crippen LogP contribution in [0.1, 0.15) is 29.9 Å². The minimum atomic E-state index is 0.000196. The maximum Gasteiger partial charge on any atom is 0.127 e. The zero-order valence-electron chi connectivity index (χ0n) is 15.2. The molecule has 0 radical (unpaired) electrons. The van der Waals surface area contributed by atoms with Gasteiger partial charge in [0.05, 0.1) is 26.2 Å². The Morgan fingerprint density at radius 2 is 2.12 bits per heavy atom. The standard InChI is InChI=1S/C21H23N3O2/c1-25-17-6-5-16(20(10-17)26-2)13-24-14-18(15-4-3-9-23-12-15)19(11-22)21(24)7-8-21/h3-6,9-10,12,18-19H,7-8,13-14H2,1-2H3. The van der Waals surface area contributed by atoms with Crippen molar-refractivity contribution >= 4 is 0 Å². The van der Waals surface area contributed by atoms with E-state index < -0.39 is 0 Å². The molecule has 5 heteroatoms. The summed E-state index contributed by atoms with van der Waals surface area (Å²) in [6.45, 7) is 1.65. The minimum absolute atomic E-state index is 0.000196. The number of hydrogen-bond donors (Lipinski definition) is 0. The highest BCUT2D eigenvalue weighted by Gasteiger charge is 2.61. The number of likely N-dealkylation sites (tertiary alicyclic amines) is 1. The van der Waals surface area contributed by atoms with Crippen molar-refractivity contribution < 1.29 is 9.47 Å². The van der Waals surface area contributed by atoms with Crippen molar-refractivity contribution in [1.82, 2.24) is 9.88 Å². The molecule has 1 aliphatic heterocycles. The van der Waals surface area contributed by atoms with Crippen molar-refractivity contribution in [3.63, 3.8) is 0 Å². The first-order valence-corrected chi connectivity index (χ1v) is 8.97. The number of benzene rings is 1. The van der Waals surface area contributed by atoms with Gasteiger partial charge in [0.25, 0.3) is 0 Å². The number of methoxy groups -OCH3 is 2. The van der Waals surface area contributed by atoms with Crippen molar-refractivity contribution in [3.8, 4) is 17.6 Å². The van der Waals surface area contributed by atoms with Crippen LogP contribution >= 0.6 is 0 Å². The maximum absolute atomic E-state index is 9.89. The zero-order chi connectivity index (χ0) is 18.1. The van der Waals surface area contributed by atoms with Gasteiger partial charge >= 0.3 is 0 Å². The van der Waals surface area contributed by atoms with Crippen LogP contribution in [0.3, 0.4) is 0 Å². The van der Waals surface area contributed by atoms with Gasteiger partial charge < -0.3 is 9.47 Å². The van der Waals surface area contributed by atoms with Crippen LogP contribution in [0.5, 0.6) is 11.5 Å². The molecule has 4 rings (SSSR count). The monoisotopic (exact) mass is 349 g/mol. The van der Waals surface area contributed by atoms with Crippen LogP contribution in [0.15, 0.2) is 42.7 Å². The summed E-state index contributed by atoms with van der Waals surface area (Å²) in [6.07, 6.45) is 5.86. The van der Waals surface area contributed by atoms with Crippen LogP contribution in [0.4, 0.5) is 0 Å². The van der Waals surface area contributed by atoms with Crippen LogP contribution in [0.2, 0.25) is 0 Å². The van der Waals surface area contributed by atoms with Gasteiger partial charge in [-0.2, -0.15) is 5.26 Å². The fourth-order valence-corrected chi connectivity index (χ4v) is 4.36.